The third-order valence-electron chi connectivity index (χ3n) is 5.12. The topological polar surface area (TPSA) is 90.0 Å². The molecule has 1 amide bonds. The van der Waals surface area contributed by atoms with Crippen molar-refractivity contribution >= 4 is 22.5 Å². The number of nitrogens with one attached hydrogen (secondary N) is 1. The molecule has 1 N–H and O–H groups in total. The number of hydrogen-bond acceptors (Lipinski definition) is 5. The van der Waals surface area contributed by atoms with E-state index in [-0.39, 0.29) is 11.4 Å². The normalized spacial score (nSPS) is 12.3. The zero-order chi connectivity index (χ0) is 20.4. The highest BCUT2D eigenvalue weighted by Gasteiger charge is 2.25. The van der Waals surface area contributed by atoms with Gasteiger partial charge in [0, 0.05) is 5.69 Å². The Labute approximate surface area is 163 Å². The lowest BCUT2D eigenvalue weighted by Crippen LogP contribution is -2.35. The number of rotatable bonds is 6. The highest BCUT2D eigenvalue weighted by atomic mass is 16.5. The molecule has 2 heterocycles. The van der Waals surface area contributed by atoms with Crippen molar-refractivity contribution in [3.8, 4) is 0 Å². The third-order valence-corrected chi connectivity index (χ3v) is 5.12. The van der Waals surface area contributed by atoms with E-state index in [2.05, 4.69) is 29.4 Å². The summed E-state index contributed by atoms with van der Waals surface area (Å²) in [6.45, 7) is 9.49. The van der Waals surface area contributed by atoms with Crippen LogP contribution in [-0.4, -0.2) is 20.8 Å². The van der Waals surface area contributed by atoms with Gasteiger partial charge in [0.05, 0.1) is 11.1 Å². The van der Waals surface area contributed by atoms with E-state index in [1.807, 2.05) is 25.1 Å². The molecule has 0 aliphatic rings. The molecule has 0 saturated carbocycles. The summed E-state index contributed by atoms with van der Waals surface area (Å²) in [5, 5.41) is 11.9. The average Bonchev–Trinajstić information content (AvgIpc) is 3.08. The van der Waals surface area contributed by atoms with Gasteiger partial charge >= 0.3 is 0 Å². The number of nitrogens with zero attached hydrogens (tertiary/aromatic N) is 3. The number of anilines is 1. The molecule has 0 unspecified atom stereocenters. The molecule has 1 aromatic carbocycles. The fourth-order valence-corrected chi connectivity index (χ4v) is 3.60. The van der Waals surface area contributed by atoms with Crippen LogP contribution < -0.4 is 10.9 Å². The summed E-state index contributed by atoms with van der Waals surface area (Å²) in [6.07, 6.45) is 2.04. The summed E-state index contributed by atoms with van der Waals surface area (Å²) in [6, 6.07) is 5.28. The lowest BCUT2D eigenvalue weighted by molar-refractivity contribution is -0.119. The van der Waals surface area contributed by atoms with Crippen LogP contribution in [0.2, 0.25) is 0 Å². The van der Waals surface area contributed by atoms with Gasteiger partial charge < -0.3 is 9.84 Å². The fraction of sp³-hybridized carbons (Fsp3) is 0.429. The Morgan fingerprint density at radius 3 is 2.39 bits per heavy atom. The first-order chi connectivity index (χ1) is 13.4. The number of fused-ring (bicyclic) bond motifs is 1. The van der Waals surface area contributed by atoms with Crippen molar-refractivity contribution in [3.63, 3.8) is 0 Å². The molecule has 3 aromatic rings. The number of aromatic nitrogens is 3. The Bertz CT molecular complexity index is 1060. The zero-order valence-corrected chi connectivity index (χ0v) is 17.0. The molecule has 0 saturated heterocycles. The van der Waals surface area contributed by atoms with E-state index in [0.29, 0.717) is 23.3 Å². The first-order valence-electron chi connectivity index (χ1n) is 9.69. The molecule has 7 nitrogen and oxygen atoms in total. The van der Waals surface area contributed by atoms with Crippen molar-refractivity contribution in [2.75, 3.05) is 5.32 Å². The van der Waals surface area contributed by atoms with Crippen LogP contribution in [0.3, 0.4) is 0 Å². The Kier molecular flexibility index (Phi) is 5.63. The molecule has 0 fully saturated rings. The van der Waals surface area contributed by atoms with Gasteiger partial charge in [0.1, 0.15) is 11.8 Å². The Balaban J connectivity index is 2.04. The Hall–Kier alpha value is -2.96. The molecule has 1 atom stereocenters. The quantitative estimate of drug-likeness (QED) is 0.702. The van der Waals surface area contributed by atoms with E-state index in [1.165, 1.54) is 4.68 Å². The van der Waals surface area contributed by atoms with Gasteiger partial charge in [-0.25, -0.2) is 4.68 Å². The van der Waals surface area contributed by atoms with Crippen molar-refractivity contribution in [3.05, 3.63) is 51.1 Å². The third kappa shape index (κ3) is 3.32. The van der Waals surface area contributed by atoms with Crippen LogP contribution in [0.25, 0.3) is 10.9 Å². The Morgan fingerprint density at radius 2 is 1.82 bits per heavy atom. The number of para-hydroxylation sites is 1. The van der Waals surface area contributed by atoms with Crippen LogP contribution in [0.1, 0.15) is 55.8 Å². The van der Waals surface area contributed by atoms with Crippen LogP contribution in [-0.2, 0) is 17.6 Å². The van der Waals surface area contributed by atoms with Gasteiger partial charge in [-0.05, 0) is 44.2 Å². The minimum Gasteiger partial charge on any atom is -0.360 e. The summed E-state index contributed by atoms with van der Waals surface area (Å²) in [5.74, 6) is 0.290. The van der Waals surface area contributed by atoms with Crippen molar-refractivity contribution in [2.45, 2.75) is 59.9 Å². The summed E-state index contributed by atoms with van der Waals surface area (Å²) in [5.41, 5.74) is 3.38. The molecule has 7 heteroatoms. The summed E-state index contributed by atoms with van der Waals surface area (Å²) >= 11 is 0. The number of amides is 1. The van der Waals surface area contributed by atoms with Gasteiger partial charge in [-0.3, -0.25) is 9.59 Å². The maximum atomic E-state index is 13.1. The molecule has 2 aromatic heterocycles. The van der Waals surface area contributed by atoms with Gasteiger partial charge in [0.25, 0.3) is 5.56 Å². The Morgan fingerprint density at radius 1 is 1.18 bits per heavy atom. The van der Waals surface area contributed by atoms with E-state index in [4.69, 9.17) is 4.52 Å². The molecule has 3 rings (SSSR count). The van der Waals surface area contributed by atoms with Crippen LogP contribution in [0, 0.1) is 13.8 Å². The molecule has 148 valence electrons. The highest BCUT2D eigenvalue weighted by Crippen LogP contribution is 2.25. The van der Waals surface area contributed by atoms with Crippen LogP contribution >= 0.6 is 0 Å². The SMILES string of the molecule is CCc1cccc(CC)c1NC(=O)[C@H](CC)n1nc(C)c2c(C)onc2c1=O. The number of aryl methyl sites for hydroxylation is 4. The number of carbonyl (C=O) groups excluding carboxylic acids is 1. The van der Waals surface area contributed by atoms with E-state index in [9.17, 15) is 9.59 Å². The van der Waals surface area contributed by atoms with Crippen molar-refractivity contribution in [2.24, 2.45) is 0 Å². The molecule has 0 aliphatic heterocycles. The summed E-state index contributed by atoms with van der Waals surface area (Å²) in [7, 11) is 0. The smallest absolute Gasteiger partial charge is 0.297 e. The standard InChI is InChI=1S/C21H26N4O3/c1-6-14-10-9-11-15(7-2)18(14)22-20(26)16(8-3)25-21(27)19-17(12(4)23-25)13(5)28-24-19/h9-11,16H,6-8H2,1-5H3,(H,22,26)/t16-/m0/s1. The van der Waals surface area contributed by atoms with Crippen LogP contribution in [0.15, 0.2) is 27.5 Å². The molecule has 0 aliphatic carbocycles. The zero-order valence-electron chi connectivity index (χ0n) is 17.0. The second-order valence-corrected chi connectivity index (χ2v) is 6.87. The number of hydrogen-bond donors (Lipinski definition) is 1. The van der Waals surface area contributed by atoms with Crippen LogP contribution in [0.4, 0.5) is 5.69 Å². The van der Waals surface area contributed by atoms with Crippen molar-refractivity contribution < 1.29 is 9.32 Å². The number of carbonyl (C=O) groups is 1. The predicted molar refractivity (Wildman–Crippen MR) is 109 cm³/mol. The average molecular weight is 382 g/mol. The number of benzene rings is 1. The fourth-order valence-electron chi connectivity index (χ4n) is 3.60. The van der Waals surface area contributed by atoms with Crippen molar-refractivity contribution in [1.29, 1.82) is 0 Å². The lowest BCUT2D eigenvalue weighted by Gasteiger charge is -2.20. The van der Waals surface area contributed by atoms with Gasteiger partial charge in [0.2, 0.25) is 5.91 Å². The maximum Gasteiger partial charge on any atom is 0.297 e. The molecule has 0 spiro atoms. The minimum atomic E-state index is -0.734. The second-order valence-electron chi connectivity index (χ2n) is 6.87. The van der Waals surface area contributed by atoms with Gasteiger partial charge in [-0.15, -0.1) is 0 Å². The summed E-state index contributed by atoms with van der Waals surface area (Å²) < 4.78 is 6.39. The van der Waals surface area contributed by atoms with Crippen LogP contribution in [0.5, 0.6) is 0 Å². The monoisotopic (exact) mass is 382 g/mol. The minimum absolute atomic E-state index is 0.208. The second kappa shape index (κ2) is 7.96. The van der Waals surface area contributed by atoms with Crippen molar-refractivity contribution in [1.82, 2.24) is 14.9 Å². The molecule has 28 heavy (non-hydrogen) atoms. The van der Waals surface area contributed by atoms with Gasteiger partial charge in [0.15, 0.2) is 5.52 Å². The largest absolute Gasteiger partial charge is 0.360 e. The molecule has 0 radical (unpaired) electrons. The maximum absolute atomic E-state index is 13.1. The van der Waals surface area contributed by atoms with E-state index >= 15 is 0 Å². The van der Waals surface area contributed by atoms with E-state index < -0.39 is 11.6 Å². The molecular weight excluding hydrogens is 356 g/mol. The molecule has 0 bridgehead atoms. The first kappa shape index (κ1) is 19.8. The molecular formula is C21H26N4O3. The van der Waals surface area contributed by atoms with Gasteiger partial charge in [-0.1, -0.05) is 44.1 Å². The summed E-state index contributed by atoms with van der Waals surface area (Å²) in [4.78, 5) is 26.0. The first-order valence-corrected chi connectivity index (χ1v) is 9.69. The van der Waals surface area contributed by atoms with E-state index in [0.717, 1.165) is 29.7 Å². The lowest BCUT2D eigenvalue weighted by atomic mass is 10.0. The predicted octanol–water partition coefficient (Wildman–Crippen LogP) is 3.72. The van der Waals surface area contributed by atoms with Gasteiger partial charge in [-0.2, -0.15) is 5.10 Å². The highest BCUT2D eigenvalue weighted by molar-refractivity contribution is 5.95. The van der Waals surface area contributed by atoms with E-state index in [1.54, 1.807) is 13.8 Å².